The van der Waals surface area contributed by atoms with E-state index in [0.29, 0.717) is 18.1 Å². The predicted octanol–water partition coefficient (Wildman–Crippen LogP) is 2.76. The average molecular weight is 288 g/mol. The summed E-state index contributed by atoms with van der Waals surface area (Å²) >= 11 is 0. The van der Waals surface area contributed by atoms with Gasteiger partial charge in [0.25, 0.3) is 0 Å². The quantitative estimate of drug-likeness (QED) is 0.799. The molecule has 0 amide bonds. The number of phenols is 2. The molecule has 5 heteroatoms. The molecule has 2 aromatic carbocycles. The van der Waals surface area contributed by atoms with Gasteiger partial charge in [-0.25, -0.2) is 0 Å². The number of ether oxygens (including phenoxy) is 2. The second kappa shape index (κ2) is 6.65. The van der Waals surface area contributed by atoms with E-state index >= 15 is 0 Å². The minimum absolute atomic E-state index is 0.0988. The van der Waals surface area contributed by atoms with E-state index in [1.165, 1.54) is 12.1 Å². The van der Waals surface area contributed by atoms with Crippen molar-refractivity contribution < 1.29 is 24.5 Å². The van der Waals surface area contributed by atoms with Gasteiger partial charge in [0.1, 0.15) is 11.5 Å². The number of ketones is 1. The fourth-order valence-electron chi connectivity index (χ4n) is 1.82. The molecule has 5 nitrogen and oxygen atoms in total. The SMILES string of the molecule is CCOc1ccccc1OCC(=O)c1ccc(O)cc1O. The molecule has 0 unspecified atom stereocenters. The van der Waals surface area contributed by atoms with Crippen LogP contribution in [0.1, 0.15) is 17.3 Å². The highest BCUT2D eigenvalue weighted by atomic mass is 16.5. The highest BCUT2D eigenvalue weighted by molar-refractivity contribution is 5.99. The summed E-state index contributed by atoms with van der Waals surface area (Å²) in [5, 5.41) is 18.8. The molecule has 2 rings (SSSR count). The van der Waals surface area contributed by atoms with Crippen LogP contribution in [0.3, 0.4) is 0 Å². The number of rotatable bonds is 6. The lowest BCUT2D eigenvalue weighted by Gasteiger charge is -2.11. The first-order valence-electron chi connectivity index (χ1n) is 6.51. The molecule has 0 saturated carbocycles. The van der Waals surface area contributed by atoms with Crippen molar-refractivity contribution >= 4 is 5.78 Å². The summed E-state index contributed by atoms with van der Waals surface area (Å²) in [6, 6.07) is 10.8. The van der Waals surface area contributed by atoms with E-state index in [0.717, 1.165) is 6.07 Å². The Morgan fingerprint density at radius 3 is 2.33 bits per heavy atom. The van der Waals surface area contributed by atoms with Gasteiger partial charge in [-0.05, 0) is 31.2 Å². The highest BCUT2D eigenvalue weighted by Gasteiger charge is 2.13. The van der Waals surface area contributed by atoms with Crippen molar-refractivity contribution in [1.82, 2.24) is 0 Å². The van der Waals surface area contributed by atoms with Crippen molar-refractivity contribution in [2.45, 2.75) is 6.92 Å². The Morgan fingerprint density at radius 1 is 1.05 bits per heavy atom. The fraction of sp³-hybridized carbons (Fsp3) is 0.188. The van der Waals surface area contributed by atoms with Crippen LogP contribution >= 0.6 is 0 Å². The number of carbonyl (C=O) groups excluding carboxylic acids is 1. The standard InChI is InChI=1S/C16H16O5/c1-2-20-15-5-3-4-6-16(15)21-10-14(19)12-8-7-11(17)9-13(12)18/h3-9,17-18H,2,10H2,1H3. The maximum Gasteiger partial charge on any atom is 0.203 e. The first kappa shape index (κ1) is 14.7. The Balaban J connectivity index is 2.07. The monoisotopic (exact) mass is 288 g/mol. The van der Waals surface area contributed by atoms with Crippen LogP contribution in [0, 0.1) is 0 Å². The van der Waals surface area contributed by atoms with E-state index in [1.807, 2.05) is 13.0 Å². The molecule has 0 atom stereocenters. The Morgan fingerprint density at radius 2 is 1.71 bits per heavy atom. The van der Waals surface area contributed by atoms with E-state index in [2.05, 4.69) is 0 Å². The molecule has 0 spiro atoms. The van der Waals surface area contributed by atoms with Gasteiger partial charge in [-0.1, -0.05) is 12.1 Å². The van der Waals surface area contributed by atoms with Crippen molar-refractivity contribution in [3.63, 3.8) is 0 Å². The molecule has 0 aliphatic heterocycles. The van der Waals surface area contributed by atoms with Crippen LogP contribution in [0.2, 0.25) is 0 Å². The summed E-state index contributed by atoms with van der Waals surface area (Å²) in [6.45, 7) is 2.12. The van der Waals surface area contributed by atoms with Crippen molar-refractivity contribution in [1.29, 1.82) is 0 Å². The number of phenolic OH excluding ortho intramolecular Hbond substituents is 2. The van der Waals surface area contributed by atoms with E-state index in [9.17, 15) is 15.0 Å². The second-order valence-electron chi connectivity index (χ2n) is 4.29. The fourth-order valence-corrected chi connectivity index (χ4v) is 1.82. The molecular weight excluding hydrogens is 272 g/mol. The Bertz CT molecular complexity index is 636. The summed E-state index contributed by atoms with van der Waals surface area (Å²) in [7, 11) is 0. The number of aromatic hydroxyl groups is 2. The van der Waals surface area contributed by atoms with Gasteiger partial charge in [-0.15, -0.1) is 0 Å². The average Bonchev–Trinajstić information content (AvgIpc) is 2.46. The molecule has 2 N–H and O–H groups in total. The number of hydrogen-bond acceptors (Lipinski definition) is 5. The van der Waals surface area contributed by atoms with Gasteiger partial charge in [0.05, 0.1) is 12.2 Å². The molecule has 21 heavy (non-hydrogen) atoms. The van der Waals surface area contributed by atoms with Crippen LogP contribution in [-0.4, -0.2) is 29.2 Å². The van der Waals surface area contributed by atoms with Gasteiger partial charge < -0.3 is 19.7 Å². The van der Waals surface area contributed by atoms with Crippen molar-refractivity contribution in [3.05, 3.63) is 48.0 Å². The summed E-state index contributed by atoms with van der Waals surface area (Å²) in [5.74, 6) is 0.251. The van der Waals surface area contributed by atoms with Gasteiger partial charge in [-0.2, -0.15) is 0 Å². The molecular formula is C16H16O5. The molecule has 0 aliphatic rings. The summed E-state index contributed by atoms with van der Waals surface area (Å²) in [6.07, 6.45) is 0. The third-order valence-electron chi connectivity index (χ3n) is 2.79. The van der Waals surface area contributed by atoms with Crippen molar-refractivity contribution in [2.24, 2.45) is 0 Å². The largest absolute Gasteiger partial charge is 0.508 e. The summed E-state index contributed by atoms with van der Waals surface area (Å²) in [4.78, 5) is 12.0. The number of hydrogen-bond donors (Lipinski definition) is 2. The van der Waals surface area contributed by atoms with Crippen LogP contribution in [0.4, 0.5) is 0 Å². The van der Waals surface area contributed by atoms with Crippen molar-refractivity contribution in [3.8, 4) is 23.0 Å². The molecule has 0 saturated heterocycles. The zero-order valence-electron chi connectivity index (χ0n) is 11.6. The highest BCUT2D eigenvalue weighted by Crippen LogP contribution is 2.27. The molecule has 2 aromatic rings. The number of para-hydroxylation sites is 2. The van der Waals surface area contributed by atoms with Crippen molar-refractivity contribution in [2.75, 3.05) is 13.2 Å². The molecule has 0 radical (unpaired) electrons. The lowest BCUT2D eigenvalue weighted by Crippen LogP contribution is -2.12. The van der Waals surface area contributed by atoms with Gasteiger partial charge in [-0.3, -0.25) is 4.79 Å². The van der Waals surface area contributed by atoms with Crippen LogP contribution in [0.25, 0.3) is 0 Å². The lowest BCUT2D eigenvalue weighted by atomic mass is 10.1. The first-order valence-corrected chi connectivity index (χ1v) is 6.51. The van der Waals surface area contributed by atoms with Crippen LogP contribution in [0.5, 0.6) is 23.0 Å². The van der Waals surface area contributed by atoms with Gasteiger partial charge >= 0.3 is 0 Å². The van der Waals surface area contributed by atoms with Crippen LogP contribution in [-0.2, 0) is 0 Å². The topological polar surface area (TPSA) is 76.0 Å². The number of Topliss-reactive ketones (excluding diaryl/α,β-unsaturated/α-hetero) is 1. The summed E-state index contributed by atoms with van der Waals surface area (Å²) < 4.78 is 10.8. The number of carbonyl (C=O) groups is 1. The first-order chi connectivity index (χ1) is 10.1. The maximum absolute atomic E-state index is 12.0. The van der Waals surface area contributed by atoms with Gasteiger partial charge in [0, 0.05) is 6.07 Å². The van der Waals surface area contributed by atoms with E-state index in [-0.39, 0.29) is 29.5 Å². The second-order valence-corrected chi connectivity index (χ2v) is 4.29. The molecule has 0 heterocycles. The minimum atomic E-state index is -0.390. The minimum Gasteiger partial charge on any atom is -0.508 e. The number of benzene rings is 2. The van der Waals surface area contributed by atoms with Crippen LogP contribution in [0.15, 0.2) is 42.5 Å². The molecule has 0 bridgehead atoms. The Labute approximate surface area is 122 Å². The molecule has 110 valence electrons. The predicted molar refractivity (Wildman–Crippen MR) is 77.2 cm³/mol. The van der Waals surface area contributed by atoms with Gasteiger partial charge in [0.2, 0.25) is 5.78 Å². The molecule has 0 aliphatic carbocycles. The third kappa shape index (κ3) is 3.66. The van der Waals surface area contributed by atoms with E-state index in [1.54, 1.807) is 18.2 Å². The van der Waals surface area contributed by atoms with Gasteiger partial charge in [0.15, 0.2) is 18.1 Å². The summed E-state index contributed by atoms with van der Waals surface area (Å²) in [5.41, 5.74) is 0.0988. The Hall–Kier alpha value is -2.69. The lowest BCUT2D eigenvalue weighted by molar-refractivity contribution is 0.0916. The molecule has 0 aromatic heterocycles. The Kier molecular flexibility index (Phi) is 4.66. The smallest absolute Gasteiger partial charge is 0.203 e. The maximum atomic E-state index is 12.0. The van der Waals surface area contributed by atoms with Crippen LogP contribution < -0.4 is 9.47 Å². The normalized spacial score (nSPS) is 10.1. The zero-order chi connectivity index (χ0) is 15.2. The van der Waals surface area contributed by atoms with E-state index in [4.69, 9.17) is 9.47 Å². The van der Waals surface area contributed by atoms with E-state index < -0.39 is 0 Å². The third-order valence-corrected chi connectivity index (χ3v) is 2.79. The zero-order valence-corrected chi connectivity index (χ0v) is 11.6. The molecule has 0 fully saturated rings.